The number of aryl methyl sites for hydroxylation is 2. The van der Waals surface area contributed by atoms with Crippen LogP contribution in [-0.2, 0) is 13.1 Å². The summed E-state index contributed by atoms with van der Waals surface area (Å²) in [6.07, 6.45) is 17.9. The van der Waals surface area contributed by atoms with E-state index in [9.17, 15) is 0 Å². The van der Waals surface area contributed by atoms with Crippen molar-refractivity contribution >= 4 is 47.4 Å². The topological polar surface area (TPSA) is 11.0 Å². The third-order valence-electron chi connectivity index (χ3n) is 6.65. The van der Waals surface area contributed by atoms with Crippen molar-refractivity contribution in [3.8, 4) is 0 Å². The van der Waals surface area contributed by atoms with Crippen LogP contribution in [-0.4, -0.2) is 21.5 Å². The monoisotopic (exact) mass is 541 g/mol. The van der Waals surface area contributed by atoms with Crippen molar-refractivity contribution < 1.29 is 9.13 Å². The molecule has 0 atom stereocenters. The largest absolute Gasteiger partial charge is 0.169 e. The van der Waals surface area contributed by atoms with Crippen LogP contribution >= 0.6 is 0 Å². The second-order valence-electron chi connectivity index (χ2n) is 9.32. The minimum Gasteiger partial charge on any atom is 0.00932 e. The molecule has 36 heavy (non-hydrogen) atoms. The number of hydrogen-bond acceptors (Lipinski definition) is 1. The minimum absolute atomic E-state index is 0.396. The number of rotatable bonds is 10. The standard InChI is InChI=1S/C32H35N3Se/c1-2-3-20-33-23-16-27(17-24-33)14-15-28-18-25-34(26-19-28)21-8-9-22-35-29-10-4-6-12-31(29)36-32-13-7-5-11-30(32)35/h4-7,10-19,23-26H,2-3,8-9,20-22H2,1H3/q+2/b15-14+. The average Bonchev–Trinajstić information content (AvgIpc) is 2.93. The van der Waals surface area contributed by atoms with Crippen molar-refractivity contribution in [2.24, 2.45) is 0 Å². The Hall–Kier alpha value is -3.20. The molecule has 0 aliphatic carbocycles. The zero-order valence-electron chi connectivity index (χ0n) is 21.1. The summed E-state index contributed by atoms with van der Waals surface area (Å²) in [5.41, 5.74) is 5.27. The van der Waals surface area contributed by atoms with Crippen molar-refractivity contribution in [3.63, 3.8) is 0 Å². The third-order valence-corrected chi connectivity index (χ3v) is 9.02. The van der Waals surface area contributed by atoms with Gasteiger partial charge in [0.25, 0.3) is 0 Å². The molecule has 0 bridgehead atoms. The number of anilines is 2. The fourth-order valence-corrected chi connectivity index (χ4v) is 6.88. The van der Waals surface area contributed by atoms with E-state index in [4.69, 9.17) is 0 Å². The van der Waals surface area contributed by atoms with Gasteiger partial charge >= 0.3 is 155 Å². The first-order valence-corrected chi connectivity index (χ1v) is 14.8. The Labute approximate surface area is 221 Å². The zero-order chi connectivity index (χ0) is 24.6. The molecule has 182 valence electrons. The van der Waals surface area contributed by atoms with Gasteiger partial charge in [-0.05, 0) is 5.56 Å². The molecule has 3 nitrogen and oxygen atoms in total. The van der Waals surface area contributed by atoms with E-state index in [0.29, 0.717) is 15.0 Å². The maximum Gasteiger partial charge on any atom is 0.169 e. The SMILES string of the molecule is CCCC[n+]1ccc(/C=C/c2cc[n+](CCCCN3c4ccccc4[Se]c4ccccc43)cc2)cc1. The number of hydrogen-bond donors (Lipinski definition) is 0. The second kappa shape index (κ2) is 12.2. The predicted octanol–water partition coefficient (Wildman–Crippen LogP) is 4.82. The summed E-state index contributed by atoms with van der Waals surface area (Å²) in [7, 11) is 0. The van der Waals surface area contributed by atoms with Crippen molar-refractivity contribution in [3.05, 3.63) is 109 Å². The first kappa shape index (κ1) is 24.5. The van der Waals surface area contributed by atoms with Gasteiger partial charge in [-0.2, -0.15) is 0 Å². The molecule has 0 fully saturated rings. The normalized spacial score (nSPS) is 12.5. The van der Waals surface area contributed by atoms with Gasteiger partial charge in [0.05, 0.1) is 0 Å². The summed E-state index contributed by atoms with van der Waals surface area (Å²) in [6, 6.07) is 26.6. The van der Waals surface area contributed by atoms with Crippen LogP contribution in [0.5, 0.6) is 0 Å². The smallest absolute Gasteiger partial charge is 0.00932 e. The Kier molecular flexibility index (Phi) is 8.28. The minimum atomic E-state index is 0.396. The van der Waals surface area contributed by atoms with Crippen LogP contribution in [0.15, 0.2) is 97.6 Å². The first-order chi connectivity index (χ1) is 17.8. The first-order valence-electron chi connectivity index (χ1n) is 13.1. The molecule has 0 saturated carbocycles. The molecule has 1 aliphatic rings. The number of para-hydroxylation sites is 2. The van der Waals surface area contributed by atoms with Gasteiger partial charge in [-0.3, -0.25) is 0 Å². The van der Waals surface area contributed by atoms with Gasteiger partial charge < -0.3 is 0 Å². The molecule has 2 aromatic heterocycles. The van der Waals surface area contributed by atoms with E-state index in [0.717, 1.165) is 32.5 Å². The van der Waals surface area contributed by atoms with Crippen LogP contribution in [0.4, 0.5) is 11.4 Å². The molecule has 0 N–H and O–H groups in total. The van der Waals surface area contributed by atoms with Crippen LogP contribution in [0.25, 0.3) is 12.2 Å². The Morgan fingerprint density at radius 1 is 0.639 bits per heavy atom. The van der Waals surface area contributed by atoms with Gasteiger partial charge in [-0.1, -0.05) is 19.4 Å². The van der Waals surface area contributed by atoms with E-state index in [2.05, 4.69) is 131 Å². The molecule has 0 amide bonds. The van der Waals surface area contributed by atoms with Gasteiger partial charge in [-0.25, -0.2) is 4.57 Å². The summed E-state index contributed by atoms with van der Waals surface area (Å²) in [5.74, 6) is 0. The molecule has 1 aliphatic heterocycles. The van der Waals surface area contributed by atoms with Crippen LogP contribution in [0, 0.1) is 0 Å². The Morgan fingerprint density at radius 2 is 1.14 bits per heavy atom. The van der Waals surface area contributed by atoms with E-state index < -0.39 is 0 Å². The molecule has 0 radical (unpaired) electrons. The van der Waals surface area contributed by atoms with E-state index in [1.807, 2.05) is 0 Å². The summed E-state index contributed by atoms with van der Waals surface area (Å²) in [6.45, 7) is 5.43. The van der Waals surface area contributed by atoms with Gasteiger partial charge in [0.15, 0.2) is 12.4 Å². The van der Waals surface area contributed by atoms with Gasteiger partial charge in [-0.15, -0.1) is 0 Å². The summed E-state index contributed by atoms with van der Waals surface area (Å²) in [5, 5.41) is 0. The van der Waals surface area contributed by atoms with Crippen molar-refractivity contribution in [2.45, 2.75) is 45.7 Å². The van der Waals surface area contributed by atoms with Crippen molar-refractivity contribution in [2.75, 3.05) is 11.4 Å². The Bertz CT molecular complexity index is 1250. The van der Waals surface area contributed by atoms with Crippen LogP contribution < -0.4 is 23.0 Å². The molecular weight excluding hydrogens is 505 g/mol. The molecule has 0 unspecified atom stereocenters. The summed E-state index contributed by atoms with van der Waals surface area (Å²) in [4.78, 5) is 2.53. The van der Waals surface area contributed by atoms with Crippen LogP contribution in [0.2, 0.25) is 0 Å². The molecule has 4 aromatic rings. The fraction of sp³-hybridized carbons (Fsp3) is 0.250. The molecule has 0 saturated heterocycles. The summed E-state index contributed by atoms with van der Waals surface area (Å²) >= 11 is 0.396. The van der Waals surface area contributed by atoms with E-state index >= 15 is 0 Å². The number of aromatic nitrogens is 2. The third kappa shape index (κ3) is 6.13. The van der Waals surface area contributed by atoms with Gasteiger partial charge in [0, 0.05) is 18.6 Å². The maximum atomic E-state index is 2.53. The van der Waals surface area contributed by atoms with Gasteiger partial charge in [0.2, 0.25) is 0 Å². The van der Waals surface area contributed by atoms with Gasteiger partial charge in [0.1, 0.15) is 6.54 Å². The zero-order valence-corrected chi connectivity index (χ0v) is 22.8. The number of unbranched alkanes of at least 4 members (excludes halogenated alkanes) is 2. The second-order valence-corrected chi connectivity index (χ2v) is 11.6. The maximum absolute atomic E-state index is 2.53. The number of fused-ring (bicyclic) bond motifs is 2. The molecular formula is C32H35N3Se+2. The van der Waals surface area contributed by atoms with E-state index in [-0.39, 0.29) is 0 Å². The quantitative estimate of drug-likeness (QED) is 0.160. The van der Waals surface area contributed by atoms with Crippen molar-refractivity contribution in [1.82, 2.24) is 0 Å². The number of pyridine rings is 2. The van der Waals surface area contributed by atoms with E-state index in [1.165, 1.54) is 44.3 Å². The fourth-order valence-electron chi connectivity index (χ4n) is 4.58. The molecule has 3 heterocycles. The number of nitrogens with zero attached hydrogens (tertiary/aromatic N) is 3. The predicted molar refractivity (Wildman–Crippen MR) is 151 cm³/mol. The molecule has 2 aromatic carbocycles. The Morgan fingerprint density at radius 3 is 1.67 bits per heavy atom. The number of benzene rings is 2. The van der Waals surface area contributed by atoms with Crippen molar-refractivity contribution in [1.29, 1.82) is 0 Å². The molecule has 5 rings (SSSR count). The summed E-state index contributed by atoms with van der Waals surface area (Å²) < 4.78 is 7.55. The average molecular weight is 541 g/mol. The molecule has 0 spiro atoms. The van der Waals surface area contributed by atoms with Crippen LogP contribution in [0.3, 0.4) is 0 Å². The van der Waals surface area contributed by atoms with E-state index in [1.54, 1.807) is 0 Å². The molecule has 4 heteroatoms. The van der Waals surface area contributed by atoms with Crippen LogP contribution in [0.1, 0.15) is 43.7 Å². The Balaban J connectivity index is 1.13.